The van der Waals surface area contributed by atoms with Gasteiger partial charge in [-0.25, -0.2) is 9.18 Å². The molecule has 0 saturated carbocycles. The molecule has 0 aliphatic rings. The second kappa shape index (κ2) is 5.06. The van der Waals surface area contributed by atoms with Gasteiger partial charge < -0.3 is 10.0 Å². The molecule has 0 unspecified atom stereocenters. The van der Waals surface area contributed by atoms with E-state index in [2.05, 4.69) is 15.9 Å². The number of amides is 1. The lowest BCUT2D eigenvalue weighted by molar-refractivity contribution is -0.147. The Morgan fingerprint density at radius 3 is 2.39 bits per heavy atom. The smallest absolute Gasteiger partial charge is 0.329 e. The molecule has 0 aromatic heterocycles. The highest BCUT2D eigenvalue weighted by Crippen LogP contribution is 2.20. The van der Waals surface area contributed by atoms with Gasteiger partial charge in [0.25, 0.3) is 5.91 Å². The zero-order chi connectivity index (χ0) is 14.1. The maximum atomic E-state index is 13.6. The van der Waals surface area contributed by atoms with Crippen molar-refractivity contribution in [2.24, 2.45) is 0 Å². The lowest BCUT2D eigenvalue weighted by atomic mass is 10.0. The van der Waals surface area contributed by atoms with Crippen LogP contribution in [0, 0.1) is 5.82 Å². The molecule has 1 rings (SSSR count). The summed E-state index contributed by atoms with van der Waals surface area (Å²) in [4.78, 5) is 24.1. The van der Waals surface area contributed by atoms with Gasteiger partial charge in [-0.15, -0.1) is 0 Å². The van der Waals surface area contributed by atoms with Crippen LogP contribution in [-0.4, -0.2) is 34.5 Å². The van der Waals surface area contributed by atoms with Crippen molar-refractivity contribution in [3.63, 3.8) is 0 Å². The standard InChI is InChI=1S/C12H13BrFNO3/c1-12(2,11(17)18)15(3)10(16)8-5-4-7(13)6-9(8)14/h4-6H,1-3H3,(H,17,18). The minimum atomic E-state index is -1.41. The molecule has 18 heavy (non-hydrogen) atoms. The molecule has 6 heteroatoms. The number of halogens is 2. The van der Waals surface area contributed by atoms with Crippen molar-refractivity contribution < 1.29 is 19.1 Å². The van der Waals surface area contributed by atoms with E-state index >= 15 is 0 Å². The summed E-state index contributed by atoms with van der Waals surface area (Å²) in [5, 5.41) is 9.03. The zero-order valence-corrected chi connectivity index (χ0v) is 11.8. The van der Waals surface area contributed by atoms with Crippen LogP contribution in [0.15, 0.2) is 22.7 Å². The van der Waals surface area contributed by atoms with Crippen LogP contribution in [0.1, 0.15) is 24.2 Å². The molecule has 0 aliphatic heterocycles. The van der Waals surface area contributed by atoms with Gasteiger partial charge in [-0.1, -0.05) is 15.9 Å². The van der Waals surface area contributed by atoms with Crippen molar-refractivity contribution in [3.8, 4) is 0 Å². The number of rotatable bonds is 3. The number of carbonyl (C=O) groups excluding carboxylic acids is 1. The van der Waals surface area contributed by atoms with Gasteiger partial charge in [0, 0.05) is 11.5 Å². The molecule has 0 radical (unpaired) electrons. The summed E-state index contributed by atoms with van der Waals surface area (Å²) in [6, 6.07) is 4.00. The van der Waals surface area contributed by atoms with E-state index < -0.39 is 23.2 Å². The number of likely N-dealkylation sites (N-methyl/N-ethyl adjacent to an activating group) is 1. The van der Waals surface area contributed by atoms with Crippen molar-refractivity contribution in [2.45, 2.75) is 19.4 Å². The zero-order valence-electron chi connectivity index (χ0n) is 10.2. The first-order chi connectivity index (χ1) is 8.17. The number of nitrogens with zero attached hydrogens (tertiary/aromatic N) is 1. The molecule has 4 nitrogen and oxygen atoms in total. The van der Waals surface area contributed by atoms with Crippen LogP contribution in [0.4, 0.5) is 4.39 Å². The third-order valence-electron chi connectivity index (χ3n) is 2.83. The second-order valence-corrected chi connectivity index (χ2v) is 5.27. The van der Waals surface area contributed by atoms with Gasteiger partial charge in [-0.2, -0.15) is 0 Å². The largest absolute Gasteiger partial charge is 0.480 e. The molecule has 1 amide bonds. The normalized spacial score (nSPS) is 11.2. The van der Waals surface area contributed by atoms with E-state index in [1.165, 1.54) is 33.0 Å². The van der Waals surface area contributed by atoms with Crippen molar-refractivity contribution in [3.05, 3.63) is 34.1 Å². The van der Waals surface area contributed by atoms with Crippen LogP contribution in [0.5, 0.6) is 0 Å². The number of carboxylic acids is 1. The maximum absolute atomic E-state index is 13.6. The molecular formula is C12H13BrFNO3. The van der Waals surface area contributed by atoms with E-state index in [1.54, 1.807) is 0 Å². The summed E-state index contributed by atoms with van der Waals surface area (Å²) >= 11 is 3.09. The molecule has 0 aliphatic carbocycles. The summed E-state index contributed by atoms with van der Waals surface area (Å²) < 4.78 is 14.1. The summed E-state index contributed by atoms with van der Waals surface area (Å²) in [7, 11) is 1.33. The Hall–Kier alpha value is -1.43. The fourth-order valence-electron chi connectivity index (χ4n) is 1.24. The molecule has 1 N–H and O–H groups in total. The lowest BCUT2D eigenvalue weighted by Crippen LogP contribution is -2.50. The molecule has 0 heterocycles. The Morgan fingerprint density at radius 2 is 1.94 bits per heavy atom. The molecule has 0 atom stereocenters. The van der Waals surface area contributed by atoms with Crippen LogP contribution >= 0.6 is 15.9 Å². The topological polar surface area (TPSA) is 57.6 Å². The predicted octanol–water partition coefficient (Wildman–Crippen LogP) is 2.52. The molecule has 1 aromatic rings. The molecule has 0 fully saturated rings. The van der Waals surface area contributed by atoms with E-state index in [1.807, 2.05) is 0 Å². The average molecular weight is 318 g/mol. The van der Waals surface area contributed by atoms with Crippen molar-refractivity contribution >= 4 is 27.8 Å². The number of carboxylic acid groups (broad SMARTS) is 1. The molecular weight excluding hydrogens is 305 g/mol. The highest BCUT2D eigenvalue weighted by Gasteiger charge is 2.36. The van der Waals surface area contributed by atoms with Gasteiger partial charge in [0.1, 0.15) is 11.4 Å². The minimum Gasteiger partial charge on any atom is -0.480 e. The fraction of sp³-hybridized carbons (Fsp3) is 0.333. The Kier molecular flexibility index (Phi) is 4.11. The molecule has 98 valence electrons. The van der Waals surface area contributed by atoms with Gasteiger partial charge in [0.05, 0.1) is 5.56 Å². The van der Waals surface area contributed by atoms with Gasteiger partial charge >= 0.3 is 5.97 Å². The van der Waals surface area contributed by atoms with E-state index in [-0.39, 0.29) is 5.56 Å². The number of hydrogen-bond donors (Lipinski definition) is 1. The van der Waals surface area contributed by atoms with Gasteiger partial charge in [0.15, 0.2) is 0 Å². The summed E-state index contributed by atoms with van der Waals surface area (Å²) in [6.07, 6.45) is 0. The van der Waals surface area contributed by atoms with Crippen molar-refractivity contribution in [1.82, 2.24) is 4.90 Å². The highest BCUT2D eigenvalue weighted by molar-refractivity contribution is 9.10. The third kappa shape index (κ3) is 2.69. The molecule has 0 saturated heterocycles. The molecule has 1 aromatic carbocycles. The number of aliphatic carboxylic acids is 1. The van der Waals surface area contributed by atoms with E-state index in [0.717, 1.165) is 11.0 Å². The Morgan fingerprint density at radius 1 is 1.39 bits per heavy atom. The molecule has 0 spiro atoms. The lowest BCUT2D eigenvalue weighted by Gasteiger charge is -2.31. The number of benzene rings is 1. The van der Waals surface area contributed by atoms with Gasteiger partial charge in [-0.05, 0) is 32.0 Å². The first-order valence-corrected chi connectivity index (χ1v) is 5.94. The Bertz CT molecular complexity index is 502. The third-order valence-corrected chi connectivity index (χ3v) is 3.32. The predicted molar refractivity (Wildman–Crippen MR) is 67.9 cm³/mol. The second-order valence-electron chi connectivity index (χ2n) is 4.35. The van der Waals surface area contributed by atoms with Crippen LogP contribution in [0.2, 0.25) is 0 Å². The highest BCUT2D eigenvalue weighted by atomic mass is 79.9. The molecule has 0 bridgehead atoms. The van der Waals surface area contributed by atoms with Crippen LogP contribution in [0.25, 0.3) is 0 Å². The monoisotopic (exact) mass is 317 g/mol. The van der Waals surface area contributed by atoms with E-state index in [0.29, 0.717) is 4.47 Å². The quantitative estimate of drug-likeness (QED) is 0.932. The summed E-state index contributed by atoms with van der Waals surface area (Å²) in [5.74, 6) is -2.52. The first kappa shape index (κ1) is 14.6. The van der Waals surface area contributed by atoms with E-state index in [4.69, 9.17) is 5.11 Å². The van der Waals surface area contributed by atoms with Crippen molar-refractivity contribution in [1.29, 1.82) is 0 Å². The maximum Gasteiger partial charge on any atom is 0.329 e. The number of hydrogen-bond acceptors (Lipinski definition) is 2. The Labute approximate surface area is 113 Å². The van der Waals surface area contributed by atoms with Crippen LogP contribution < -0.4 is 0 Å². The average Bonchev–Trinajstić information content (AvgIpc) is 2.26. The van der Waals surface area contributed by atoms with Crippen LogP contribution in [0.3, 0.4) is 0 Å². The Balaban J connectivity index is 3.11. The SMILES string of the molecule is CN(C(=O)c1ccc(Br)cc1F)C(C)(C)C(=O)O. The van der Waals surface area contributed by atoms with Gasteiger partial charge in [-0.3, -0.25) is 4.79 Å². The summed E-state index contributed by atoms with van der Waals surface area (Å²) in [6.45, 7) is 2.76. The van der Waals surface area contributed by atoms with Crippen LogP contribution in [-0.2, 0) is 4.79 Å². The van der Waals surface area contributed by atoms with Gasteiger partial charge in [0.2, 0.25) is 0 Å². The number of carbonyl (C=O) groups is 2. The van der Waals surface area contributed by atoms with Crippen molar-refractivity contribution in [2.75, 3.05) is 7.05 Å². The minimum absolute atomic E-state index is 0.157. The fourth-order valence-corrected chi connectivity index (χ4v) is 1.57. The first-order valence-electron chi connectivity index (χ1n) is 5.14. The summed E-state index contributed by atoms with van der Waals surface area (Å²) in [5.41, 5.74) is -1.56. The van der Waals surface area contributed by atoms with E-state index in [9.17, 15) is 14.0 Å².